The molecule has 146 valence electrons. The van der Waals surface area contributed by atoms with Gasteiger partial charge in [-0.05, 0) is 55.3 Å². The van der Waals surface area contributed by atoms with Crippen LogP contribution in [0.1, 0.15) is 30.4 Å². The lowest BCUT2D eigenvalue weighted by atomic mass is 10.1. The van der Waals surface area contributed by atoms with Crippen LogP contribution in [0.4, 0.5) is 0 Å². The lowest BCUT2D eigenvalue weighted by molar-refractivity contribution is 0.220. The van der Waals surface area contributed by atoms with Crippen molar-refractivity contribution < 1.29 is 13.2 Å². The molecule has 1 aliphatic heterocycles. The monoisotopic (exact) mass is 408 g/mol. The van der Waals surface area contributed by atoms with Crippen molar-refractivity contribution >= 4 is 21.6 Å². The summed E-state index contributed by atoms with van der Waals surface area (Å²) < 4.78 is 33.4. The summed E-state index contributed by atoms with van der Waals surface area (Å²) in [5.41, 5.74) is 2.13. The molecule has 0 unspecified atom stereocenters. The number of likely N-dealkylation sites (tertiary alicyclic amines) is 1. The highest BCUT2D eigenvalue weighted by Gasteiger charge is 2.20. The summed E-state index contributed by atoms with van der Waals surface area (Å²) in [4.78, 5) is 2.47. The summed E-state index contributed by atoms with van der Waals surface area (Å²) in [6.45, 7) is 3.26. The van der Waals surface area contributed by atoms with E-state index < -0.39 is 10.0 Å². The first-order chi connectivity index (χ1) is 13.0. The van der Waals surface area contributed by atoms with Crippen LogP contribution in [-0.2, 0) is 23.1 Å². The van der Waals surface area contributed by atoms with Crippen molar-refractivity contribution in [1.82, 2.24) is 9.62 Å². The largest absolute Gasteiger partial charge is 0.495 e. The minimum absolute atomic E-state index is 0.0472. The fourth-order valence-corrected chi connectivity index (χ4v) is 4.79. The van der Waals surface area contributed by atoms with Crippen LogP contribution < -0.4 is 9.46 Å². The van der Waals surface area contributed by atoms with Gasteiger partial charge in [0, 0.05) is 18.1 Å². The first kappa shape index (κ1) is 20.1. The second-order valence-electron chi connectivity index (χ2n) is 6.73. The maximum absolute atomic E-state index is 12.8. The zero-order chi connectivity index (χ0) is 19.3. The van der Waals surface area contributed by atoms with Gasteiger partial charge in [0.1, 0.15) is 10.6 Å². The van der Waals surface area contributed by atoms with Gasteiger partial charge in [-0.1, -0.05) is 42.3 Å². The summed E-state index contributed by atoms with van der Waals surface area (Å²) in [6.07, 6.45) is 3.74. The topological polar surface area (TPSA) is 58.6 Å². The molecule has 1 fully saturated rings. The van der Waals surface area contributed by atoms with Gasteiger partial charge in [-0.25, -0.2) is 13.1 Å². The molecule has 5 nitrogen and oxygen atoms in total. The molecule has 0 saturated carbocycles. The average Bonchev–Trinajstić information content (AvgIpc) is 2.68. The lowest BCUT2D eigenvalue weighted by Crippen LogP contribution is -2.30. The van der Waals surface area contributed by atoms with Crippen LogP contribution in [0, 0.1) is 0 Å². The van der Waals surface area contributed by atoms with Gasteiger partial charge in [-0.15, -0.1) is 0 Å². The van der Waals surface area contributed by atoms with E-state index in [1.807, 2.05) is 18.2 Å². The fourth-order valence-electron chi connectivity index (χ4n) is 3.35. The predicted molar refractivity (Wildman–Crippen MR) is 108 cm³/mol. The van der Waals surface area contributed by atoms with Crippen molar-refractivity contribution in [2.45, 2.75) is 37.2 Å². The molecule has 1 aliphatic rings. The summed E-state index contributed by atoms with van der Waals surface area (Å²) in [5, 5.41) is 0.349. The smallest absolute Gasteiger partial charge is 0.244 e. The molecule has 3 rings (SSSR count). The molecule has 27 heavy (non-hydrogen) atoms. The highest BCUT2D eigenvalue weighted by atomic mass is 35.5. The number of hydrogen-bond acceptors (Lipinski definition) is 4. The minimum Gasteiger partial charge on any atom is -0.495 e. The van der Waals surface area contributed by atoms with Gasteiger partial charge in [-0.3, -0.25) is 4.90 Å². The molecule has 2 aromatic rings. The van der Waals surface area contributed by atoms with E-state index in [4.69, 9.17) is 16.3 Å². The third kappa shape index (κ3) is 5.23. The highest BCUT2D eigenvalue weighted by Crippen LogP contribution is 2.27. The Hall–Kier alpha value is -1.60. The van der Waals surface area contributed by atoms with Crippen molar-refractivity contribution in [3.8, 4) is 5.75 Å². The number of hydrogen-bond donors (Lipinski definition) is 1. The number of nitrogens with zero attached hydrogens (tertiary/aromatic N) is 1. The predicted octanol–water partition coefficient (Wildman–Crippen LogP) is 3.81. The van der Waals surface area contributed by atoms with Gasteiger partial charge in [0.15, 0.2) is 0 Å². The van der Waals surface area contributed by atoms with E-state index in [0.29, 0.717) is 5.02 Å². The minimum atomic E-state index is -3.75. The molecule has 2 aromatic carbocycles. The number of methoxy groups -OCH3 is 1. The third-order valence-corrected chi connectivity index (χ3v) is 6.49. The highest BCUT2D eigenvalue weighted by molar-refractivity contribution is 7.89. The van der Waals surface area contributed by atoms with Crippen molar-refractivity contribution in [3.63, 3.8) is 0 Å². The number of benzene rings is 2. The Bertz CT molecular complexity index is 881. The summed E-state index contributed by atoms with van der Waals surface area (Å²) in [5.74, 6) is 0.272. The second kappa shape index (κ2) is 9.06. The van der Waals surface area contributed by atoms with E-state index in [9.17, 15) is 8.42 Å². The molecule has 0 aliphatic carbocycles. The number of rotatable bonds is 7. The molecule has 0 spiro atoms. The summed E-state index contributed by atoms with van der Waals surface area (Å²) >= 11 is 5.98. The Morgan fingerprint density at radius 2 is 1.78 bits per heavy atom. The number of halogens is 1. The molecule has 0 aromatic heterocycles. The number of piperidine rings is 1. The van der Waals surface area contributed by atoms with Gasteiger partial charge >= 0.3 is 0 Å². The van der Waals surface area contributed by atoms with Crippen molar-refractivity contribution in [3.05, 3.63) is 58.6 Å². The van der Waals surface area contributed by atoms with Crippen molar-refractivity contribution in [1.29, 1.82) is 0 Å². The van der Waals surface area contributed by atoms with Crippen LogP contribution in [0.25, 0.3) is 0 Å². The molecule has 1 N–H and O–H groups in total. The second-order valence-corrected chi connectivity index (χ2v) is 8.90. The molecule has 1 heterocycles. The van der Waals surface area contributed by atoms with E-state index in [-0.39, 0.29) is 17.2 Å². The molecule has 0 atom stereocenters. The molecular formula is C20H25ClN2O3S. The Labute approximate surface area is 166 Å². The van der Waals surface area contributed by atoms with E-state index in [0.717, 1.165) is 30.8 Å². The number of sulfonamides is 1. The van der Waals surface area contributed by atoms with E-state index in [2.05, 4.69) is 15.7 Å². The Morgan fingerprint density at radius 3 is 2.48 bits per heavy atom. The number of ether oxygens (including phenoxy) is 1. The van der Waals surface area contributed by atoms with Crippen LogP contribution in [0.5, 0.6) is 5.75 Å². The Kier molecular flexibility index (Phi) is 6.76. The van der Waals surface area contributed by atoms with Gasteiger partial charge in [0.05, 0.1) is 7.11 Å². The Balaban J connectivity index is 1.75. The SMILES string of the molecule is COc1ccc(Cl)cc1S(=O)(=O)NCc1ccccc1CN1CCCCC1. The first-order valence-electron chi connectivity index (χ1n) is 9.12. The Morgan fingerprint density at radius 1 is 1.07 bits per heavy atom. The fraction of sp³-hybridized carbons (Fsp3) is 0.400. The van der Waals surface area contributed by atoms with Gasteiger partial charge in [-0.2, -0.15) is 0 Å². The van der Waals surface area contributed by atoms with Crippen molar-refractivity contribution in [2.75, 3.05) is 20.2 Å². The molecule has 0 amide bonds. The average molecular weight is 409 g/mol. The van der Waals surface area contributed by atoms with Gasteiger partial charge in [0.25, 0.3) is 0 Å². The van der Waals surface area contributed by atoms with Gasteiger partial charge in [0.2, 0.25) is 10.0 Å². The van der Waals surface area contributed by atoms with Crippen molar-refractivity contribution in [2.24, 2.45) is 0 Å². The maximum Gasteiger partial charge on any atom is 0.244 e. The molecule has 1 saturated heterocycles. The molecule has 0 radical (unpaired) electrons. The van der Waals surface area contributed by atoms with E-state index in [1.165, 1.54) is 32.4 Å². The number of nitrogens with one attached hydrogen (secondary N) is 1. The lowest BCUT2D eigenvalue weighted by Gasteiger charge is -2.27. The third-order valence-electron chi connectivity index (χ3n) is 4.83. The van der Waals surface area contributed by atoms with Crippen LogP contribution in [0.2, 0.25) is 5.02 Å². The van der Waals surface area contributed by atoms with Gasteiger partial charge < -0.3 is 4.74 Å². The molecular weight excluding hydrogens is 384 g/mol. The maximum atomic E-state index is 12.8. The molecule has 7 heteroatoms. The normalized spacial score (nSPS) is 15.6. The van der Waals surface area contributed by atoms with E-state index >= 15 is 0 Å². The standard InChI is InChI=1S/C20H25ClN2O3S/c1-26-19-10-9-18(21)13-20(19)27(24,25)22-14-16-7-3-4-8-17(16)15-23-11-5-2-6-12-23/h3-4,7-10,13,22H,2,5-6,11-12,14-15H2,1H3. The zero-order valence-corrected chi connectivity index (χ0v) is 17.0. The summed E-state index contributed by atoms with van der Waals surface area (Å²) in [7, 11) is -2.31. The van der Waals surface area contributed by atoms with Crippen LogP contribution >= 0.6 is 11.6 Å². The summed E-state index contributed by atoms with van der Waals surface area (Å²) in [6, 6.07) is 12.5. The first-order valence-corrected chi connectivity index (χ1v) is 11.0. The quantitative estimate of drug-likeness (QED) is 0.756. The van der Waals surface area contributed by atoms with Crippen LogP contribution in [0.3, 0.4) is 0 Å². The van der Waals surface area contributed by atoms with E-state index in [1.54, 1.807) is 12.1 Å². The van der Waals surface area contributed by atoms with Crippen LogP contribution in [-0.4, -0.2) is 33.5 Å². The molecule has 0 bridgehead atoms. The van der Waals surface area contributed by atoms with Crippen LogP contribution in [0.15, 0.2) is 47.4 Å². The zero-order valence-electron chi connectivity index (χ0n) is 15.4.